The maximum atomic E-state index is 13.2. The number of rotatable bonds is 12. The van der Waals surface area contributed by atoms with Crippen molar-refractivity contribution in [2.24, 2.45) is 0 Å². The zero-order chi connectivity index (χ0) is 33.8. The van der Waals surface area contributed by atoms with Crippen LogP contribution in [0.3, 0.4) is 0 Å². The first-order chi connectivity index (χ1) is 23.3. The number of aliphatic hydroxyl groups excluding tert-OH is 1. The number of nitrogens with zero attached hydrogens (tertiary/aromatic N) is 3. The molecule has 1 unspecified atom stereocenters. The van der Waals surface area contributed by atoms with Crippen molar-refractivity contribution < 1.29 is 14.6 Å². The summed E-state index contributed by atoms with van der Waals surface area (Å²) in [5.74, 6) is 0.583. The molecular formula is C36H36Cl2N6O4. The Hall–Kier alpha value is -4.32. The van der Waals surface area contributed by atoms with Crippen LogP contribution in [0.2, 0.25) is 10.0 Å². The summed E-state index contributed by atoms with van der Waals surface area (Å²) in [5, 5.41) is 19.4. The monoisotopic (exact) mass is 686 g/mol. The highest BCUT2D eigenvalue weighted by atomic mass is 35.5. The number of hydrogen-bond donors (Lipinski definition) is 4. The van der Waals surface area contributed by atoms with Crippen LogP contribution >= 0.6 is 23.2 Å². The number of ether oxygens (including phenoxy) is 1. The second-order valence-corrected chi connectivity index (χ2v) is 12.5. The van der Waals surface area contributed by atoms with Crippen LogP contribution in [0, 0.1) is 6.92 Å². The van der Waals surface area contributed by atoms with Crippen molar-refractivity contribution in [2.45, 2.75) is 38.9 Å². The molecule has 0 bridgehead atoms. The molecule has 1 aliphatic heterocycles. The van der Waals surface area contributed by atoms with Gasteiger partial charge in [0, 0.05) is 78.3 Å². The van der Waals surface area contributed by atoms with Crippen LogP contribution < -0.4 is 26.2 Å². The van der Waals surface area contributed by atoms with Crippen LogP contribution in [0.25, 0.3) is 39.2 Å². The van der Waals surface area contributed by atoms with Crippen molar-refractivity contribution in [1.82, 2.24) is 30.3 Å². The van der Waals surface area contributed by atoms with Gasteiger partial charge in [0.2, 0.25) is 11.8 Å². The molecule has 0 radical (unpaired) electrons. The topological polar surface area (TPSA) is 130 Å². The highest BCUT2D eigenvalue weighted by Crippen LogP contribution is 2.42. The van der Waals surface area contributed by atoms with Gasteiger partial charge in [-0.1, -0.05) is 65.7 Å². The number of hydrogen-bond acceptors (Lipinski definition) is 8. The molecule has 2 aromatic carbocycles. The van der Waals surface area contributed by atoms with Gasteiger partial charge in [-0.3, -0.25) is 14.0 Å². The third-order valence-electron chi connectivity index (χ3n) is 8.46. The fourth-order valence-electron chi connectivity index (χ4n) is 6.04. The minimum absolute atomic E-state index is 0.0124. The van der Waals surface area contributed by atoms with Gasteiger partial charge in [0.05, 0.1) is 35.0 Å². The highest BCUT2D eigenvalue weighted by molar-refractivity contribution is 6.39. The lowest BCUT2D eigenvalue weighted by molar-refractivity contribution is -0.119. The first-order valence-electron chi connectivity index (χ1n) is 15.7. The largest absolute Gasteiger partial charge is 0.481 e. The SMILES string of the molecule is COc1nc(-c2cccc(-c3cccc(-c4cc(C)n5c(=O)c(CNCCO)cnc5c4)c3Cl)c2Cl)ccc1CNCC1CCC(=O)N1. The number of nitrogens with one attached hydrogen (secondary N) is 3. The van der Waals surface area contributed by atoms with Crippen LogP contribution in [-0.2, 0) is 17.9 Å². The average Bonchev–Trinajstić information content (AvgIpc) is 3.50. The Balaban J connectivity index is 1.29. The number of aryl methyl sites for hydroxylation is 1. The second-order valence-electron chi connectivity index (χ2n) is 11.7. The van der Waals surface area contributed by atoms with Gasteiger partial charge in [-0.25, -0.2) is 9.97 Å². The number of carbonyl (C=O) groups is 1. The van der Waals surface area contributed by atoms with E-state index in [0.29, 0.717) is 65.4 Å². The molecule has 248 valence electrons. The maximum absolute atomic E-state index is 13.2. The Bertz CT molecular complexity index is 2050. The number of aliphatic hydroxyl groups is 1. The molecule has 4 N–H and O–H groups in total. The molecule has 1 atom stereocenters. The fraction of sp³-hybridized carbons (Fsp3) is 0.278. The molecule has 12 heteroatoms. The average molecular weight is 688 g/mol. The number of carbonyl (C=O) groups excluding carboxylic acids is 1. The minimum Gasteiger partial charge on any atom is -0.481 e. The van der Waals surface area contributed by atoms with Gasteiger partial charge < -0.3 is 25.8 Å². The Labute approximate surface area is 288 Å². The van der Waals surface area contributed by atoms with Gasteiger partial charge in [-0.15, -0.1) is 0 Å². The first kappa shape index (κ1) is 33.6. The molecule has 10 nitrogen and oxygen atoms in total. The smallest absolute Gasteiger partial charge is 0.262 e. The van der Waals surface area contributed by atoms with E-state index in [9.17, 15) is 9.59 Å². The van der Waals surface area contributed by atoms with Gasteiger partial charge in [0.15, 0.2) is 0 Å². The van der Waals surface area contributed by atoms with Crippen molar-refractivity contribution in [3.05, 3.63) is 104 Å². The van der Waals surface area contributed by atoms with Gasteiger partial charge in [-0.05, 0) is 37.1 Å². The van der Waals surface area contributed by atoms with E-state index < -0.39 is 0 Å². The molecular weight excluding hydrogens is 651 g/mol. The van der Waals surface area contributed by atoms with Gasteiger partial charge in [0.1, 0.15) is 5.65 Å². The first-order valence-corrected chi connectivity index (χ1v) is 16.5. The molecule has 5 aromatic rings. The van der Waals surface area contributed by atoms with E-state index >= 15 is 0 Å². The summed E-state index contributed by atoms with van der Waals surface area (Å²) in [6, 6.07) is 19.3. The molecule has 1 aliphatic rings. The molecule has 48 heavy (non-hydrogen) atoms. The van der Waals surface area contributed by atoms with Crippen LogP contribution in [0.1, 0.15) is 29.7 Å². The van der Waals surface area contributed by atoms with Crippen LogP contribution in [0.15, 0.2) is 71.7 Å². The Morgan fingerprint density at radius 2 is 1.67 bits per heavy atom. The molecule has 3 aromatic heterocycles. The Morgan fingerprint density at radius 3 is 2.38 bits per heavy atom. The fourth-order valence-corrected chi connectivity index (χ4v) is 6.70. The Morgan fingerprint density at radius 1 is 0.958 bits per heavy atom. The van der Waals surface area contributed by atoms with Crippen molar-refractivity contribution in [1.29, 1.82) is 0 Å². The van der Waals surface area contributed by atoms with Crippen molar-refractivity contribution in [3.63, 3.8) is 0 Å². The van der Waals surface area contributed by atoms with E-state index in [2.05, 4.69) is 20.9 Å². The molecule has 0 saturated carbocycles. The van der Waals surface area contributed by atoms with E-state index in [1.54, 1.807) is 17.7 Å². The van der Waals surface area contributed by atoms with Crippen molar-refractivity contribution >= 4 is 34.8 Å². The van der Waals surface area contributed by atoms with Crippen molar-refractivity contribution in [2.75, 3.05) is 26.8 Å². The molecule has 0 aliphatic carbocycles. The molecule has 1 fully saturated rings. The summed E-state index contributed by atoms with van der Waals surface area (Å²) in [6.45, 7) is 3.77. The predicted molar refractivity (Wildman–Crippen MR) is 189 cm³/mol. The third-order valence-corrected chi connectivity index (χ3v) is 9.28. The summed E-state index contributed by atoms with van der Waals surface area (Å²) in [4.78, 5) is 34.0. The number of benzene rings is 2. The Kier molecular flexibility index (Phi) is 10.4. The van der Waals surface area contributed by atoms with E-state index in [1.807, 2.05) is 67.6 Å². The summed E-state index contributed by atoms with van der Waals surface area (Å²) in [6.07, 6.45) is 2.96. The van der Waals surface area contributed by atoms with Crippen molar-refractivity contribution in [3.8, 4) is 39.4 Å². The second kappa shape index (κ2) is 14.8. The van der Waals surface area contributed by atoms with Gasteiger partial charge >= 0.3 is 0 Å². The number of pyridine rings is 2. The third kappa shape index (κ3) is 6.94. The lowest BCUT2D eigenvalue weighted by Crippen LogP contribution is -2.35. The summed E-state index contributed by atoms with van der Waals surface area (Å²) in [5.41, 5.74) is 6.95. The molecule has 1 amide bonds. The van der Waals surface area contributed by atoms with Gasteiger partial charge in [-0.2, -0.15) is 0 Å². The lowest BCUT2D eigenvalue weighted by Gasteiger charge is -2.16. The zero-order valence-electron chi connectivity index (χ0n) is 26.6. The van der Waals surface area contributed by atoms with Gasteiger partial charge in [0.25, 0.3) is 5.56 Å². The van der Waals surface area contributed by atoms with E-state index in [4.69, 9.17) is 38.0 Å². The molecule has 6 rings (SSSR count). The number of aromatic nitrogens is 3. The number of halogens is 2. The van der Waals surface area contributed by atoms with Crippen LogP contribution in [0.4, 0.5) is 0 Å². The standard InChI is InChI=1S/C36H36Cl2N6O4/c1-21-15-23(16-31-41-19-24(18-39-13-14-45)36(47)44(21)31)26-5-3-6-27(33(26)37)28-7-4-8-29(34(28)38)30-11-9-22(35(43-30)48-2)17-40-20-25-10-12-32(46)42-25/h3-9,11,15-16,19,25,39-40,45H,10,12-14,17-18,20H2,1-2H3,(H,42,46). The number of methoxy groups -OCH3 is 1. The predicted octanol–water partition coefficient (Wildman–Crippen LogP) is 5.16. The minimum atomic E-state index is -0.161. The van der Waals surface area contributed by atoms with Crippen LogP contribution in [0.5, 0.6) is 5.88 Å². The van der Waals surface area contributed by atoms with E-state index in [1.165, 1.54) is 0 Å². The highest BCUT2D eigenvalue weighted by Gasteiger charge is 2.21. The normalized spacial score (nSPS) is 14.4. The molecule has 1 saturated heterocycles. The molecule has 4 heterocycles. The van der Waals surface area contributed by atoms with Crippen LogP contribution in [-0.4, -0.2) is 58.2 Å². The van der Waals surface area contributed by atoms with E-state index in [-0.39, 0.29) is 24.1 Å². The summed E-state index contributed by atoms with van der Waals surface area (Å²) >= 11 is 14.2. The summed E-state index contributed by atoms with van der Waals surface area (Å²) in [7, 11) is 1.59. The molecule has 0 spiro atoms. The lowest BCUT2D eigenvalue weighted by atomic mass is 9.96. The quantitative estimate of drug-likeness (QED) is 0.132. The number of amides is 1. The number of fused-ring (bicyclic) bond motifs is 1. The summed E-state index contributed by atoms with van der Waals surface area (Å²) < 4.78 is 7.22. The van der Waals surface area contributed by atoms with E-state index in [0.717, 1.165) is 45.5 Å². The maximum Gasteiger partial charge on any atom is 0.262 e. The zero-order valence-corrected chi connectivity index (χ0v) is 28.2.